The first-order valence-electron chi connectivity index (χ1n) is 8.60. The number of aryl methyl sites for hydroxylation is 1. The highest BCUT2D eigenvalue weighted by Gasteiger charge is 2.48. The lowest BCUT2D eigenvalue weighted by atomic mass is 9.85. The number of alkyl halides is 3. The molecule has 0 bridgehead atoms. The van der Waals surface area contributed by atoms with Gasteiger partial charge in [-0.15, -0.1) is 5.10 Å². The van der Waals surface area contributed by atoms with Crippen molar-refractivity contribution in [2.24, 2.45) is 5.92 Å². The molecule has 146 valence electrons. The van der Waals surface area contributed by atoms with Crippen molar-refractivity contribution in [3.05, 3.63) is 35.4 Å². The Balaban J connectivity index is 1.80. The number of carbonyl (C=O) groups is 1. The third-order valence-electron chi connectivity index (χ3n) is 4.68. The van der Waals surface area contributed by atoms with E-state index in [1.807, 2.05) is 0 Å². The number of aromatic nitrogens is 4. The van der Waals surface area contributed by atoms with Gasteiger partial charge in [0.15, 0.2) is 11.9 Å². The van der Waals surface area contributed by atoms with E-state index in [0.29, 0.717) is 31.5 Å². The van der Waals surface area contributed by atoms with Crippen LogP contribution in [0.25, 0.3) is 5.69 Å². The molecule has 10 heteroatoms. The van der Waals surface area contributed by atoms with Crippen LogP contribution in [0.2, 0.25) is 0 Å². The Bertz CT molecular complexity index is 816. The van der Waals surface area contributed by atoms with Gasteiger partial charge in [0.2, 0.25) is 0 Å². The zero-order valence-electron chi connectivity index (χ0n) is 14.5. The van der Waals surface area contributed by atoms with Crippen LogP contribution in [0.15, 0.2) is 18.2 Å². The number of tetrazole rings is 1. The van der Waals surface area contributed by atoms with Crippen LogP contribution in [0.5, 0.6) is 0 Å². The highest BCUT2D eigenvalue weighted by atomic mass is 19.4. The van der Waals surface area contributed by atoms with Crippen LogP contribution < -0.4 is 0 Å². The van der Waals surface area contributed by atoms with E-state index in [4.69, 9.17) is 4.74 Å². The number of benzene rings is 1. The second-order valence-electron chi connectivity index (χ2n) is 6.57. The van der Waals surface area contributed by atoms with Gasteiger partial charge in [0.1, 0.15) is 5.82 Å². The predicted octanol–water partition coefficient (Wildman–Crippen LogP) is 3.78. The van der Waals surface area contributed by atoms with Crippen molar-refractivity contribution in [1.29, 1.82) is 0 Å². The minimum atomic E-state index is -4.70. The van der Waals surface area contributed by atoms with Crippen LogP contribution in [0.4, 0.5) is 17.6 Å². The van der Waals surface area contributed by atoms with Crippen LogP contribution in [0.3, 0.4) is 0 Å². The molecule has 0 amide bonds. The topological polar surface area (TPSA) is 69.9 Å². The molecule has 1 aromatic carbocycles. The lowest BCUT2D eigenvalue weighted by Crippen LogP contribution is -2.41. The summed E-state index contributed by atoms with van der Waals surface area (Å²) in [5.74, 6) is -2.74. The zero-order chi connectivity index (χ0) is 19.6. The average Bonchev–Trinajstić information content (AvgIpc) is 3.05. The van der Waals surface area contributed by atoms with Crippen molar-refractivity contribution >= 4 is 5.97 Å². The van der Waals surface area contributed by atoms with Gasteiger partial charge in [0.25, 0.3) is 0 Å². The summed E-state index contributed by atoms with van der Waals surface area (Å²) in [6.07, 6.45) is -4.09. The predicted molar refractivity (Wildman–Crippen MR) is 85.7 cm³/mol. The number of esters is 1. The Morgan fingerprint density at radius 3 is 2.52 bits per heavy atom. The molecule has 1 fully saturated rings. The molecule has 0 aliphatic heterocycles. The average molecular weight is 386 g/mol. The first-order chi connectivity index (χ1) is 12.8. The van der Waals surface area contributed by atoms with Crippen LogP contribution in [0, 0.1) is 18.7 Å². The monoisotopic (exact) mass is 386 g/mol. The van der Waals surface area contributed by atoms with E-state index in [-0.39, 0.29) is 5.69 Å². The fraction of sp³-hybridized carbons (Fsp3) is 0.529. The summed E-state index contributed by atoms with van der Waals surface area (Å²) in [5.41, 5.74) is -0.319. The normalized spacial score (nSPS) is 16.9. The van der Waals surface area contributed by atoms with Crippen LogP contribution in [-0.4, -0.2) is 38.5 Å². The molecule has 1 aromatic heterocycles. The van der Waals surface area contributed by atoms with Crippen molar-refractivity contribution in [2.45, 2.75) is 51.3 Å². The van der Waals surface area contributed by atoms with Crippen molar-refractivity contribution < 1.29 is 27.1 Å². The van der Waals surface area contributed by atoms with Crippen LogP contribution in [-0.2, 0) is 4.74 Å². The Morgan fingerprint density at radius 1 is 1.26 bits per heavy atom. The standard InChI is InChI=1S/C17H18F4N4O2/c1-10-22-23-24-25(10)12-7-8-13(14(18)9-12)16(26)27-15(17(19,20)21)11-5-3-2-4-6-11/h7-9,11,15H,2-6H2,1H3. The smallest absolute Gasteiger partial charge is 0.425 e. The van der Waals surface area contributed by atoms with Crippen molar-refractivity contribution in [3.63, 3.8) is 0 Å². The molecule has 3 rings (SSSR count). The lowest BCUT2D eigenvalue weighted by molar-refractivity contribution is -0.222. The summed E-state index contributed by atoms with van der Waals surface area (Å²) in [4.78, 5) is 12.2. The summed E-state index contributed by atoms with van der Waals surface area (Å²) in [5, 5.41) is 10.8. The highest BCUT2D eigenvalue weighted by Crippen LogP contribution is 2.37. The molecule has 2 aromatic rings. The molecule has 1 unspecified atom stereocenters. The number of hydrogen-bond donors (Lipinski definition) is 0. The fourth-order valence-corrected chi connectivity index (χ4v) is 3.32. The minimum absolute atomic E-state index is 0.242. The zero-order valence-corrected chi connectivity index (χ0v) is 14.5. The molecule has 1 aliphatic rings. The fourth-order valence-electron chi connectivity index (χ4n) is 3.32. The molecule has 1 heterocycles. The summed E-state index contributed by atoms with van der Waals surface area (Å²) >= 11 is 0. The van der Waals surface area contributed by atoms with Gasteiger partial charge in [-0.1, -0.05) is 19.3 Å². The maximum absolute atomic E-state index is 14.3. The molecule has 0 saturated heterocycles. The number of ether oxygens (including phenoxy) is 1. The lowest BCUT2D eigenvalue weighted by Gasteiger charge is -2.31. The maximum Gasteiger partial charge on any atom is 0.425 e. The molecule has 0 N–H and O–H groups in total. The molecular formula is C17H18F4N4O2. The van der Waals surface area contributed by atoms with E-state index in [1.165, 1.54) is 10.7 Å². The number of halogens is 4. The quantitative estimate of drug-likeness (QED) is 0.591. The number of rotatable bonds is 4. The van der Waals surface area contributed by atoms with Crippen molar-refractivity contribution in [1.82, 2.24) is 20.2 Å². The van der Waals surface area contributed by atoms with Gasteiger partial charge in [-0.05, 0) is 42.3 Å². The van der Waals surface area contributed by atoms with E-state index >= 15 is 0 Å². The van der Waals surface area contributed by atoms with E-state index in [2.05, 4.69) is 15.5 Å². The molecule has 0 radical (unpaired) electrons. The molecule has 1 saturated carbocycles. The molecule has 1 aliphatic carbocycles. The molecule has 27 heavy (non-hydrogen) atoms. The largest absolute Gasteiger partial charge is 0.449 e. The molecular weight excluding hydrogens is 368 g/mol. The van der Waals surface area contributed by atoms with E-state index in [0.717, 1.165) is 18.6 Å². The second-order valence-corrected chi connectivity index (χ2v) is 6.57. The molecule has 0 spiro atoms. The summed E-state index contributed by atoms with van der Waals surface area (Å²) in [6, 6.07) is 3.39. The Hall–Kier alpha value is -2.52. The van der Waals surface area contributed by atoms with Crippen LogP contribution in [0.1, 0.15) is 48.3 Å². The van der Waals surface area contributed by atoms with Gasteiger partial charge in [-0.2, -0.15) is 17.9 Å². The number of nitrogens with zero attached hydrogens (tertiary/aromatic N) is 4. The minimum Gasteiger partial charge on any atom is -0.449 e. The summed E-state index contributed by atoms with van der Waals surface area (Å²) < 4.78 is 60.4. The highest BCUT2D eigenvalue weighted by molar-refractivity contribution is 5.90. The Labute approximate surface area is 152 Å². The van der Waals surface area contributed by atoms with Gasteiger partial charge in [0.05, 0.1) is 11.3 Å². The van der Waals surface area contributed by atoms with Gasteiger partial charge < -0.3 is 4.74 Å². The van der Waals surface area contributed by atoms with E-state index < -0.39 is 35.5 Å². The second kappa shape index (κ2) is 7.61. The Kier molecular flexibility index (Phi) is 5.43. The van der Waals surface area contributed by atoms with Gasteiger partial charge in [-0.3, -0.25) is 0 Å². The third kappa shape index (κ3) is 4.25. The number of carbonyl (C=O) groups excluding carboxylic acids is 1. The van der Waals surface area contributed by atoms with Crippen molar-refractivity contribution in [3.8, 4) is 5.69 Å². The Morgan fingerprint density at radius 2 is 1.96 bits per heavy atom. The third-order valence-corrected chi connectivity index (χ3v) is 4.68. The molecule has 1 atom stereocenters. The maximum atomic E-state index is 14.3. The first kappa shape index (κ1) is 19.2. The van der Waals surface area contributed by atoms with Gasteiger partial charge in [-0.25, -0.2) is 9.18 Å². The van der Waals surface area contributed by atoms with Crippen LogP contribution >= 0.6 is 0 Å². The van der Waals surface area contributed by atoms with Crippen molar-refractivity contribution in [2.75, 3.05) is 0 Å². The first-order valence-corrected chi connectivity index (χ1v) is 8.60. The summed E-state index contributed by atoms with van der Waals surface area (Å²) in [6.45, 7) is 1.60. The van der Waals surface area contributed by atoms with Gasteiger partial charge in [0, 0.05) is 12.0 Å². The van der Waals surface area contributed by atoms with Gasteiger partial charge >= 0.3 is 12.1 Å². The van der Waals surface area contributed by atoms with E-state index in [1.54, 1.807) is 6.92 Å². The SMILES string of the molecule is Cc1nnnn1-c1ccc(C(=O)OC(C2CCCCC2)C(F)(F)F)c(F)c1. The molecule has 6 nitrogen and oxygen atoms in total. The summed E-state index contributed by atoms with van der Waals surface area (Å²) in [7, 11) is 0. The van der Waals surface area contributed by atoms with E-state index in [9.17, 15) is 22.4 Å². The number of hydrogen-bond acceptors (Lipinski definition) is 5.